The lowest BCUT2D eigenvalue weighted by atomic mass is 10.2. The fraction of sp³-hybridized carbons (Fsp3) is 0.200. The number of aromatic hydroxyl groups is 1. The summed E-state index contributed by atoms with van der Waals surface area (Å²) in [4.78, 5) is 0. The van der Waals surface area contributed by atoms with Crippen LogP contribution >= 0.6 is 0 Å². The van der Waals surface area contributed by atoms with Gasteiger partial charge in [-0.15, -0.1) is 0 Å². The Kier molecular flexibility index (Phi) is 4.26. The van der Waals surface area contributed by atoms with E-state index in [9.17, 15) is 5.11 Å². The number of benzene rings is 2. The molecular weight excluding hydrogens is 242 g/mol. The van der Waals surface area contributed by atoms with Gasteiger partial charge in [0.1, 0.15) is 23.9 Å². The Morgan fingerprint density at radius 3 is 2.68 bits per heavy atom. The van der Waals surface area contributed by atoms with E-state index in [0.717, 1.165) is 16.9 Å². The van der Waals surface area contributed by atoms with Crippen LogP contribution in [0.5, 0.6) is 17.2 Å². The predicted molar refractivity (Wildman–Crippen MR) is 73.3 cm³/mol. The molecule has 2 aromatic rings. The first kappa shape index (κ1) is 13.2. The van der Waals surface area contributed by atoms with Crippen molar-refractivity contribution in [3.63, 3.8) is 0 Å². The molecule has 0 aliphatic rings. The number of hydrogen-bond donors (Lipinski definition) is 2. The number of methoxy groups -OCH3 is 1. The summed E-state index contributed by atoms with van der Waals surface area (Å²) < 4.78 is 10.9. The van der Waals surface area contributed by atoms with Gasteiger partial charge in [-0.05, 0) is 23.8 Å². The summed E-state index contributed by atoms with van der Waals surface area (Å²) in [5.74, 6) is 1.65. The molecule has 0 radical (unpaired) electrons. The van der Waals surface area contributed by atoms with Gasteiger partial charge in [-0.25, -0.2) is 0 Å². The first-order chi connectivity index (χ1) is 9.22. The number of phenols is 1. The molecule has 0 saturated heterocycles. The standard InChI is InChI=1S/C15H17NO3/c1-18-14-6-5-12(9-16)15(8-14)19-10-11-3-2-4-13(17)7-11/h2-8,17H,9-10,16H2,1H3. The maximum Gasteiger partial charge on any atom is 0.127 e. The second-order valence-electron chi connectivity index (χ2n) is 4.14. The fourth-order valence-electron chi connectivity index (χ4n) is 1.77. The van der Waals surface area contributed by atoms with E-state index >= 15 is 0 Å². The zero-order valence-electron chi connectivity index (χ0n) is 10.8. The summed E-state index contributed by atoms with van der Waals surface area (Å²) in [6, 6.07) is 12.5. The third-order valence-electron chi connectivity index (χ3n) is 2.80. The van der Waals surface area contributed by atoms with Gasteiger partial charge < -0.3 is 20.3 Å². The number of phenolic OH excluding ortho intramolecular Hbond substituents is 1. The summed E-state index contributed by atoms with van der Waals surface area (Å²) >= 11 is 0. The third kappa shape index (κ3) is 3.39. The Bertz CT molecular complexity index is 555. The molecule has 0 heterocycles. The van der Waals surface area contributed by atoms with Gasteiger partial charge in [0.15, 0.2) is 0 Å². The average molecular weight is 259 g/mol. The summed E-state index contributed by atoms with van der Waals surface area (Å²) in [6.07, 6.45) is 0. The van der Waals surface area contributed by atoms with Gasteiger partial charge in [-0.3, -0.25) is 0 Å². The van der Waals surface area contributed by atoms with Crippen molar-refractivity contribution in [2.45, 2.75) is 13.2 Å². The van der Waals surface area contributed by atoms with Crippen molar-refractivity contribution in [2.75, 3.05) is 7.11 Å². The van der Waals surface area contributed by atoms with Crippen molar-refractivity contribution in [1.29, 1.82) is 0 Å². The van der Waals surface area contributed by atoms with Crippen LogP contribution in [-0.2, 0) is 13.2 Å². The van der Waals surface area contributed by atoms with Crippen molar-refractivity contribution in [3.8, 4) is 17.2 Å². The largest absolute Gasteiger partial charge is 0.508 e. The van der Waals surface area contributed by atoms with Gasteiger partial charge in [0.25, 0.3) is 0 Å². The maximum absolute atomic E-state index is 9.40. The molecule has 19 heavy (non-hydrogen) atoms. The van der Waals surface area contributed by atoms with E-state index < -0.39 is 0 Å². The van der Waals surface area contributed by atoms with Gasteiger partial charge in [-0.1, -0.05) is 18.2 Å². The van der Waals surface area contributed by atoms with Gasteiger partial charge in [0.05, 0.1) is 7.11 Å². The zero-order valence-corrected chi connectivity index (χ0v) is 10.8. The number of hydrogen-bond acceptors (Lipinski definition) is 4. The van der Waals surface area contributed by atoms with E-state index in [-0.39, 0.29) is 5.75 Å². The summed E-state index contributed by atoms with van der Waals surface area (Å²) in [6.45, 7) is 0.772. The molecule has 2 rings (SSSR count). The van der Waals surface area contributed by atoms with Gasteiger partial charge in [0, 0.05) is 18.2 Å². The van der Waals surface area contributed by atoms with Gasteiger partial charge >= 0.3 is 0 Å². The summed E-state index contributed by atoms with van der Waals surface area (Å²) in [5, 5.41) is 9.40. The van der Waals surface area contributed by atoms with Crippen molar-refractivity contribution in [3.05, 3.63) is 53.6 Å². The van der Waals surface area contributed by atoms with E-state index in [4.69, 9.17) is 15.2 Å². The lowest BCUT2D eigenvalue weighted by Crippen LogP contribution is -2.03. The molecule has 0 aliphatic carbocycles. The third-order valence-corrected chi connectivity index (χ3v) is 2.80. The Morgan fingerprint density at radius 1 is 1.16 bits per heavy atom. The molecule has 4 heteroatoms. The SMILES string of the molecule is COc1ccc(CN)c(OCc2cccc(O)c2)c1. The first-order valence-electron chi connectivity index (χ1n) is 6.00. The normalized spacial score (nSPS) is 10.2. The highest BCUT2D eigenvalue weighted by Crippen LogP contribution is 2.25. The van der Waals surface area contributed by atoms with Crippen LogP contribution < -0.4 is 15.2 Å². The van der Waals surface area contributed by atoms with E-state index in [2.05, 4.69) is 0 Å². The lowest BCUT2D eigenvalue weighted by molar-refractivity contribution is 0.299. The van der Waals surface area contributed by atoms with Crippen LogP contribution in [0, 0.1) is 0 Å². The van der Waals surface area contributed by atoms with Crippen molar-refractivity contribution in [2.24, 2.45) is 5.73 Å². The lowest BCUT2D eigenvalue weighted by Gasteiger charge is -2.12. The van der Waals surface area contributed by atoms with E-state index in [0.29, 0.717) is 18.9 Å². The Morgan fingerprint density at radius 2 is 2.00 bits per heavy atom. The van der Waals surface area contributed by atoms with Crippen LogP contribution in [-0.4, -0.2) is 12.2 Å². The van der Waals surface area contributed by atoms with E-state index in [1.54, 1.807) is 25.3 Å². The monoisotopic (exact) mass is 259 g/mol. The Hall–Kier alpha value is -2.20. The molecule has 0 unspecified atom stereocenters. The molecule has 0 saturated carbocycles. The van der Waals surface area contributed by atoms with Crippen LogP contribution in [0.25, 0.3) is 0 Å². The quantitative estimate of drug-likeness (QED) is 0.865. The molecule has 0 bridgehead atoms. The maximum atomic E-state index is 9.40. The number of nitrogens with two attached hydrogens (primary N) is 1. The van der Waals surface area contributed by atoms with E-state index in [1.807, 2.05) is 24.3 Å². The molecule has 3 N–H and O–H groups in total. The topological polar surface area (TPSA) is 64.7 Å². The van der Waals surface area contributed by atoms with Crippen LogP contribution in [0.3, 0.4) is 0 Å². The van der Waals surface area contributed by atoms with Crippen LogP contribution in [0.4, 0.5) is 0 Å². The second-order valence-corrected chi connectivity index (χ2v) is 4.14. The summed E-state index contributed by atoms with van der Waals surface area (Å²) in [7, 11) is 1.61. The molecule has 0 spiro atoms. The highest BCUT2D eigenvalue weighted by atomic mass is 16.5. The number of ether oxygens (including phenoxy) is 2. The molecule has 0 fully saturated rings. The summed E-state index contributed by atoms with van der Waals surface area (Å²) in [5.41, 5.74) is 7.49. The minimum absolute atomic E-state index is 0.228. The zero-order chi connectivity index (χ0) is 13.7. The second kappa shape index (κ2) is 6.11. The van der Waals surface area contributed by atoms with Crippen LogP contribution in [0.1, 0.15) is 11.1 Å². The molecule has 100 valence electrons. The van der Waals surface area contributed by atoms with Crippen LogP contribution in [0.2, 0.25) is 0 Å². The highest BCUT2D eigenvalue weighted by Gasteiger charge is 2.05. The Balaban J connectivity index is 2.14. The minimum Gasteiger partial charge on any atom is -0.508 e. The molecule has 0 aromatic heterocycles. The smallest absolute Gasteiger partial charge is 0.127 e. The fourth-order valence-corrected chi connectivity index (χ4v) is 1.77. The van der Waals surface area contributed by atoms with Crippen molar-refractivity contribution >= 4 is 0 Å². The van der Waals surface area contributed by atoms with Crippen molar-refractivity contribution < 1.29 is 14.6 Å². The highest BCUT2D eigenvalue weighted by molar-refractivity contribution is 5.41. The molecular formula is C15H17NO3. The van der Waals surface area contributed by atoms with Crippen molar-refractivity contribution in [1.82, 2.24) is 0 Å². The van der Waals surface area contributed by atoms with E-state index in [1.165, 1.54) is 0 Å². The first-order valence-corrected chi connectivity index (χ1v) is 6.00. The molecule has 2 aromatic carbocycles. The molecule has 0 atom stereocenters. The Labute approximate surface area is 112 Å². The van der Waals surface area contributed by atoms with Gasteiger partial charge in [-0.2, -0.15) is 0 Å². The molecule has 0 amide bonds. The van der Waals surface area contributed by atoms with Gasteiger partial charge in [0.2, 0.25) is 0 Å². The predicted octanol–water partition coefficient (Wildman–Crippen LogP) is 2.44. The van der Waals surface area contributed by atoms with Crippen LogP contribution in [0.15, 0.2) is 42.5 Å². The average Bonchev–Trinajstić information content (AvgIpc) is 2.45. The molecule has 0 aliphatic heterocycles. The minimum atomic E-state index is 0.228. The number of rotatable bonds is 5. The molecule has 4 nitrogen and oxygen atoms in total.